The third kappa shape index (κ3) is 3.77. The molecule has 1 aromatic rings. The van der Waals surface area contributed by atoms with Gasteiger partial charge in [0.1, 0.15) is 11.5 Å². The molecule has 0 N–H and O–H groups in total. The van der Waals surface area contributed by atoms with E-state index in [9.17, 15) is 8.78 Å². The summed E-state index contributed by atoms with van der Waals surface area (Å²) in [5.74, 6) is 0.518. The van der Waals surface area contributed by atoms with Gasteiger partial charge in [0.25, 0.3) is 6.43 Å². The summed E-state index contributed by atoms with van der Waals surface area (Å²) < 4.78 is 36.3. The topological polar surface area (TPSA) is 47.5 Å². The Morgan fingerprint density at radius 1 is 1.55 bits per heavy atom. The van der Waals surface area contributed by atoms with E-state index in [2.05, 4.69) is 9.97 Å². The molecule has 0 bridgehead atoms. The third-order valence-electron chi connectivity index (χ3n) is 2.93. The normalized spacial score (nSPS) is 19.6. The highest BCUT2D eigenvalue weighted by Gasteiger charge is 2.23. The molecule has 0 unspecified atom stereocenters. The summed E-state index contributed by atoms with van der Waals surface area (Å²) in [5.41, 5.74) is -0.242. The number of thioether (sulfide) groups is 1. The van der Waals surface area contributed by atoms with Crippen LogP contribution in [0.2, 0.25) is 0 Å². The number of hydrogen-bond acceptors (Lipinski definition) is 6. The van der Waals surface area contributed by atoms with Crippen LogP contribution in [-0.2, 0) is 9.47 Å². The fourth-order valence-corrected chi connectivity index (χ4v) is 2.39. The number of ether oxygens (including phenoxy) is 2. The number of hydrogen-bond donors (Lipinski definition) is 0. The second-order valence-corrected chi connectivity index (χ2v) is 5.11. The van der Waals surface area contributed by atoms with Crippen molar-refractivity contribution < 1.29 is 18.3 Å². The van der Waals surface area contributed by atoms with Crippen LogP contribution in [0.5, 0.6) is 0 Å². The zero-order valence-corrected chi connectivity index (χ0v) is 12.2. The van der Waals surface area contributed by atoms with Crippen molar-refractivity contribution in [2.24, 2.45) is 0 Å². The Kier molecular flexibility index (Phi) is 5.50. The molecule has 0 aromatic carbocycles. The molecule has 112 valence electrons. The number of rotatable bonds is 5. The van der Waals surface area contributed by atoms with Crippen LogP contribution in [0, 0.1) is 0 Å². The van der Waals surface area contributed by atoms with E-state index in [0.717, 1.165) is 0 Å². The molecule has 1 aromatic heterocycles. The number of methoxy groups -OCH3 is 1. The maximum atomic E-state index is 12.9. The second-order valence-electron chi connectivity index (χ2n) is 4.33. The minimum Gasteiger partial charge on any atom is -0.382 e. The van der Waals surface area contributed by atoms with Crippen LogP contribution >= 0.6 is 11.8 Å². The van der Waals surface area contributed by atoms with Gasteiger partial charge in [-0.2, -0.15) is 0 Å². The lowest BCUT2D eigenvalue weighted by Crippen LogP contribution is -2.44. The van der Waals surface area contributed by atoms with Crippen molar-refractivity contribution in [2.45, 2.75) is 17.7 Å². The highest BCUT2D eigenvalue weighted by Crippen LogP contribution is 2.25. The van der Waals surface area contributed by atoms with Gasteiger partial charge < -0.3 is 14.4 Å². The van der Waals surface area contributed by atoms with Crippen molar-refractivity contribution in [3.8, 4) is 0 Å². The quantitative estimate of drug-likeness (QED) is 0.612. The fourth-order valence-electron chi connectivity index (χ4n) is 2.01. The summed E-state index contributed by atoms with van der Waals surface area (Å²) >= 11 is 1.25. The van der Waals surface area contributed by atoms with Gasteiger partial charge in [0.15, 0.2) is 5.16 Å². The van der Waals surface area contributed by atoms with Gasteiger partial charge in [0, 0.05) is 26.3 Å². The molecule has 1 aliphatic heterocycles. The Morgan fingerprint density at radius 2 is 2.35 bits per heavy atom. The summed E-state index contributed by atoms with van der Waals surface area (Å²) in [4.78, 5) is 10.1. The van der Waals surface area contributed by atoms with Crippen LogP contribution in [0.4, 0.5) is 14.6 Å². The van der Waals surface area contributed by atoms with E-state index < -0.39 is 6.43 Å². The Hall–Kier alpha value is -0.990. The zero-order chi connectivity index (χ0) is 14.5. The molecular formula is C12H17F2N3O2S. The maximum Gasteiger partial charge on any atom is 0.280 e. The van der Waals surface area contributed by atoms with E-state index in [4.69, 9.17) is 9.47 Å². The lowest BCUT2D eigenvalue weighted by Gasteiger charge is -2.33. The summed E-state index contributed by atoms with van der Waals surface area (Å²) in [6, 6.07) is 1.35. The number of morpholine rings is 1. The van der Waals surface area contributed by atoms with Crippen LogP contribution in [0.25, 0.3) is 0 Å². The number of halogens is 2. The lowest BCUT2D eigenvalue weighted by molar-refractivity contribution is -0.0102. The molecule has 0 aliphatic carbocycles. The van der Waals surface area contributed by atoms with E-state index in [1.807, 2.05) is 4.90 Å². The molecule has 1 aliphatic rings. The average molecular weight is 305 g/mol. The Balaban J connectivity index is 2.20. The minimum absolute atomic E-state index is 0.0727. The predicted molar refractivity (Wildman–Crippen MR) is 72.6 cm³/mol. The number of anilines is 1. The van der Waals surface area contributed by atoms with Gasteiger partial charge in [-0.1, -0.05) is 11.8 Å². The SMILES string of the molecule is COC[C@H]1CN(c2cc(C(F)F)nc(SC)n2)CCO1. The first-order valence-corrected chi connectivity index (χ1v) is 7.43. The first-order chi connectivity index (χ1) is 9.63. The lowest BCUT2D eigenvalue weighted by atomic mass is 10.2. The van der Waals surface area contributed by atoms with Crippen LogP contribution in [0.15, 0.2) is 11.2 Å². The molecule has 20 heavy (non-hydrogen) atoms. The van der Waals surface area contributed by atoms with Crippen molar-refractivity contribution in [3.05, 3.63) is 11.8 Å². The fraction of sp³-hybridized carbons (Fsp3) is 0.667. The molecule has 0 spiro atoms. The molecule has 0 amide bonds. The monoisotopic (exact) mass is 305 g/mol. The highest BCUT2D eigenvalue weighted by atomic mass is 32.2. The van der Waals surface area contributed by atoms with Gasteiger partial charge in [-0.25, -0.2) is 18.7 Å². The van der Waals surface area contributed by atoms with E-state index in [0.29, 0.717) is 37.3 Å². The molecule has 1 atom stereocenters. The van der Waals surface area contributed by atoms with Crippen molar-refractivity contribution in [1.29, 1.82) is 0 Å². The summed E-state index contributed by atoms with van der Waals surface area (Å²) in [5, 5.41) is 0.354. The van der Waals surface area contributed by atoms with Crippen molar-refractivity contribution in [2.75, 3.05) is 44.6 Å². The van der Waals surface area contributed by atoms with E-state index in [-0.39, 0.29) is 11.8 Å². The van der Waals surface area contributed by atoms with Crippen molar-refractivity contribution >= 4 is 17.6 Å². The van der Waals surface area contributed by atoms with Crippen LogP contribution < -0.4 is 4.90 Å². The summed E-state index contributed by atoms with van der Waals surface area (Å²) in [6.45, 7) is 2.18. The van der Waals surface area contributed by atoms with Gasteiger partial charge in [0.2, 0.25) is 0 Å². The zero-order valence-electron chi connectivity index (χ0n) is 11.4. The molecule has 8 heteroatoms. The largest absolute Gasteiger partial charge is 0.382 e. The number of alkyl halides is 2. The second kappa shape index (κ2) is 7.14. The molecular weight excluding hydrogens is 288 g/mol. The Morgan fingerprint density at radius 3 is 3.00 bits per heavy atom. The van der Waals surface area contributed by atoms with Gasteiger partial charge in [0.05, 0.1) is 19.3 Å². The van der Waals surface area contributed by atoms with Crippen LogP contribution in [-0.4, -0.2) is 55.7 Å². The van der Waals surface area contributed by atoms with E-state index in [1.165, 1.54) is 17.8 Å². The van der Waals surface area contributed by atoms with Crippen LogP contribution in [0.3, 0.4) is 0 Å². The standard InChI is InChI=1S/C12H17F2N3O2S/c1-18-7-8-6-17(3-4-19-8)10-5-9(11(13)14)15-12(16-10)20-2/h5,8,11H,3-4,6-7H2,1-2H3/t8-/m1/s1. The first-order valence-electron chi connectivity index (χ1n) is 6.20. The highest BCUT2D eigenvalue weighted by molar-refractivity contribution is 7.98. The Bertz CT molecular complexity index is 449. The van der Waals surface area contributed by atoms with E-state index in [1.54, 1.807) is 13.4 Å². The maximum absolute atomic E-state index is 12.9. The van der Waals surface area contributed by atoms with Crippen LogP contribution in [0.1, 0.15) is 12.1 Å². The molecule has 1 fully saturated rings. The number of aromatic nitrogens is 2. The molecule has 5 nitrogen and oxygen atoms in total. The molecule has 2 rings (SSSR count). The summed E-state index contributed by atoms with van der Waals surface area (Å²) in [7, 11) is 1.60. The molecule has 2 heterocycles. The van der Waals surface area contributed by atoms with E-state index >= 15 is 0 Å². The minimum atomic E-state index is -2.60. The molecule has 0 saturated carbocycles. The van der Waals surface area contributed by atoms with Gasteiger partial charge in [-0.05, 0) is 6.26 Å². The summed E-state index contributed by atoms with van der Waals surface area (Å²) in [6.07, 6.45) is -0.906. The molecule has 1 saturated heterocycles. The first kappa shape index (κ1) is 15.4. The van der Waals surface area contributed by atoms with Gasteiger partial charge >= 0.3 is 0 Å². The third-order valence-corrected chi connectivity index (χ3v) is 3.48. The van der Waals surface area contributed by atoms with Gasteiger partial charge in [-0.15, -0.1) is 0 Å². The predicted octanol–water partition coefficient (Wildman–Crippen LogP) is 1.99. The van der Waals surface area contributed by atoms with Gasteiger partial charge in [-0.3, -0.25) is 0 Å². The smallest absolute Gasteiger partial charge is 0.280 e. The van der Waals surface area contributed by atoms with Crippen molar-refractivity contribution in [1.82, 2.24) is 9.97 Å². The Labute approximate surface area is 120 Å². The average Bonchev–Trinajstić information content (AvgIpc) is 2.47. The number of nitrogens with zero attached hydrogens (tertiary/aromatic N) is 3. The molecule has 0 radical (unpaired) electrons. The van der Waals surface area contributed by atoms with Crippen molar-refractivity contribution in [3.63, 3.8) is 0 Å².